The van der Waals surface area contributed by atoms with Gasteiger partial charge in [0.25, 0.3) is 0 Å². The molecule has 0 saturated carbocycles. The fourth-order valence-electron chi connectivity index (χ4n) is 3.35. The van der Waals surface area contributed by atoms with Crippen LogP contribution in [0.25, 0.3) is 0 Å². The molecule has 0 amide bonds. The maximum atomic E-state index is 12.9. The number of aryl methyl sites for hydroxylation is 1. The van der Waals surface area contributed by atoms with Gasteiger partial charge < -0.3 is 24.8 Å². The standard InChI is InChI=1S/C23H21ClN2O4S2/c1-3-28-22(27)20-17(10-14-4-9-18-19(11-14)30-12-29-18)13(2)32-21(20)26-23(31)25-16-7-5-15(24)6-8-16/h4-9,11H,3,10,12H2,1-2H3,(H2,25,26,31). The minimum atomic E-state index is -0.385. The Kier molecular flexibility index (Phi) is 6.83. The number of fused-ring (bicyclic) bond motifs is 1. The number of halogens is 1. The molecule has 0 bridgehead atoms. The van der Waals surface area contributed by atoms with E-state index in [2.05, 4.69) is 10.6 Å². The highest BCUT2D eigenvalue weighted by molar-refractivity contribution is 7.80. The normalized spacial score (nSPS) is 11.8. The van der Waals surface area contributed by atoms with E-state index >= 15 is 0 Å². The highest BCUT2D eigenvalue weighted by Crippen LogP contribution is 2.38. The SMILES string of the molecule is CCOC(=O)c1c(NC(=S)Nc2ccc(Cl)cc2)sc(C)c1Cc1ccc2c(c1)OCO2. The largest absolute Gasteiger partial charge is 0.462 e. The van der Waals surface area contributed by atoms with Gasteiger partial charge in [0.15, 0.2) is 16.6 Å². The maximum Gasteiger partial charge on any atom is 0.341 e. The number of benzene rings is 2. The zero-order valence-electron chi connectivity index (χ0n) is 17.5. The van der Waals surface area contributed by atoms with E-state index in [0.29, 0.717) is 32.9 Å². The van der Waals surface area contributed by atoms with Gasteiger partial charge in [0.1, 0.15) is 5.00 Å². The van der Waals surface area contributed by atoms with Crippen molar-refractivity contribution in [1.82, 2.24) is 0 Å². The molecule has 0 radical (unpaired) electrons. The van der Waals surface area contributed by atoms with Crippen molar-refractivity contribution in [3.05, 3.63) is 69.1 Å². The predicted molar refractivity (Wildman–Crippen MR) is 132 cm³/mol. The number of ether oxygens (including phenoxy) is 3. The Labute approximate surface area is 200 Å². The summed E-state index contributed by atoms with van der Waals surface area (Å²) in [6.07, 6.45) is 0.548. The van der Waals surface area contributed by atoms with E-state index in [1.807, 2.05) is 37.3 Å². The van der Waals surface area contributed by atoms with Crippen LogP contribution in [0.4, 0.5) is 10.7 Å². The summed E-state index contributed by atoms with van der Waals surface area (Å²) in [5.74, 6) is 1.05. The Morgan fingerprint density at radius 2 is 1.91 bits per heavy atom. The van der Waals surface area contributed by atoms with Crippen LogP contribution in [0.3, 0.4) is 0 Å². The van der Waals surface area contributed by atoms with E-state index in [1.165, 1.54) is 11.3 Å². The van der Waals surface area contributed by atoms with Gasteiger partial charge >= 0.3 is 5.97 Å². The summed E-state index contributed by atoms with van der Waals surface area (Å²) < 4.78 is 16.2. The molecule has 4 rings (SSSR count). The van der Waals surface area contributed by atoms with E-state index in [0.717, 1.165) is 27.4 Å². The number of thiocarbonyl (C=S) groups is 1. The molecule has 1 aliphatic heterocycles. The molecule has 0 saturated heterocycles. The van der Waals surface area contributed by atoms with E-state index < -0.39 is 0 Å². The smallest absolute Gasteiger partial charge is 0.341 e. The van der Waals surface area contributed by atoms with Crippen molar-refractivity contribution in [2.45, 2.75) is 20.3 Å². The minimum absolute atomic E-state index is 0.219. The minimum Gasteiger partial charge on any atom is -0.462 e. The van der Waals surface area contributed by atoms with Crippen molar-refractivity contribution in [2.24, 2.45) is 0 Å². The van der Waals surface area contributed by atoms with E-state index in [9.17, 15) is 4.79 Å². The molecule has 0 aliphatic carbocycles. The number of nitrogens with one attached hydrogen (secondary N) is 2. The molecule has 0 spiro atoms. The zero-order chi connectivity index (χ0) is 22.7. The molecule has 9 heteroatoms. The van der Waals surface area contributed by atoms with Crippen molar-refractivity contribution in [3.63, 3.8) is 0 Å². The average Bonchev–Trinajstić information content (AvgIpc) is 3.34. The van der Waals surface area contributed by atoms with Crippen molar-refractivity contribution in [2.75, 3.05) is 24.0 Å². The molecule has 3 aromatic rings. The van der Waals surface area contributed by atoms with E-state index in [1.54, 1.807) is 19.1 Å². The third kappa shape index (κ3) is 4.98. The summed E-state index contributed by atoms with van der Waals surface area (Å²) in [5.41, 5.74) is 3.18. The van der Waals surface area contributed by atoms with Crippen LogP contribution in [-0.4, -0.2) is 24.5 Å². The number of esters is 1. The third-order valence-corrected chi connectivity index (χ3v) is 6.35. The first-order valence-corrected chi connectivity index (χ1v) is 11.6. The van der Waals surface area contributed by atoms with Crippen LogP contribution in [0, 0.1) is 6.92 Å². The molecular weight excluding hydrogens is 468 g/mol. The summed E-state index contributed by atoms with van der Waals surface area (Å²) in [5, 5.41) is 7.92. The Bertz CT molecular complexity index is 1160. The molecule has 0 fully saturated rings. The van der Waals surface area contributed by atoms with Crippen LogP contribution >= 0.6 is 35.2 Å². The molecule has 2 heterocycles. The van der Waals surface area contributed by atoms with E-state index in [4.69, 9.17) is 38.0 Å². The molecule has 2 N–H and O–H groups in total. The van der Waals surface area contributed by atoms with Crippen molar-refractivity contribution in [3.8, 4) is 11.5 Å². The summed E-state index contributed by atoms with van der Waals surface area (Å²) in [4.78, 5) is 13.9. The van der Waals surface area contributed by atoms with E-state index in [-0.39, 0.29) is 19.4 Å². The van der Waals surface area contributed by atoms with Crippen molar-refractivity contribution >= 4 is 56.9 Å². The van der Waals surface area contributed by atoms with Gasteiger partial charge in [0.05, 0.1) is 12.2 Å². The molecule has 1 aromatic heterocycles. The lowest BCUT2D eigenvalue weighted by Crippen LogP contribution is -2.20. The molecule has 6 nitrogen and oxygen atoms in total. The number of hydrogen-bond acceptors (Lipinski definition) is 6. The molecule has 2 aromatic carbocycles. The summed E-state index contributed by atoms with van der Waals surface area (Å²) >= 11 is 12.9. The fourth-order valence-corrected chi connectivity index (χ4v) is 4.83. The summed E-state index contributed by atoms with van der Waals surface area (Å²) in [6, 6.07) is 13.0. The van der Waals surface area contributed by atoms with Gasteiger partial charge in [0.2, 0.25) is 6.79 Å². The van der Waals surface area contributed by atoms with Gasteiger partial charge in [-0.3, -0.25) is 0 Å². The molecule has 0 atom stereocenters. The second-order valence-corrected chi connectivity index (χ2v) is 9.08. The van der Waals surface area contributed by atoms with Gasteiger partial charge in [-0.15, -0.1) is 11.3 Å². The Morgan fingerprint density at radius 1 is 1.16 bits per heavy atom. The number of thiophene rings is 1. The zero-order valence-corrected chi connectivity index (χ0v) is 19.9. The number of hydrogen-bond donors (Lipinski definition) is 2. The van der Waals surface area contributed by atoms with Gasteiger partial charge in [-0.2, -0.15) is 0 Å². The summed E-state index contributed by atoms with van der Waals surface area (Å²) in [6.45, 7) is 4.27. The molecule has 0 unspecified atom stereocenters. The fraction of sp³-hybridized carbons (Fsp3) is 0.217. The highest BCUT2D eigenvalue weighted by Gasteiger charge is 2.25. The quantitative estimate of drug-likeness (QED) is 0.325. The van der Waals surface area contributed by atoms with Crippen LogP contribution in [0.5, 0.6) is 11.5 Å². The molecule has 166 valence electrons. The first kappa shape index (κ1) is 22.4. The number of rotatable bonds is 6. The first-order valence-electron chi connectivity index (χ1n) is 9.96. The molecule has 32 heavy (non-hydrogen) atoms. The number of carbonyl (C=O) groups is 1. The Morgan fingerprint density at radius 3 is 2.66 bits per heavy atom. The second-order valence-electron chi connectivity index (χ2n) is 7.01. The van der Waals surface area contributed by atoms with Crippen molar-refractivity contribution < 1.29 is 19.0 Å². The number of carbonyl (C=O) groups excluding carboxylic acids is 1. The van der Waals surface area contributed by atoms with Crippen LogP contribution in [0.15, 0.2) is 42.5 Å². The van der Waals surface area contributed by atoms with Gasteiger partial charge in [-0.25, -0.2) is 4.79 Å². The Hall–Kier alpha value is -2.81. The molecular formula is C23H21ClN2O4S2. The average molecular weight is 489 g/mol. The topological polar surface area (TPSA) is 68.8 Å². The lowest BCUT2D eigenvalue weighted by atomic mass is 10.0. The van der Waals surface area contributed by atoms with Gasteiger partial charge in [0, 0.05) is 15.6 Å². The number of anilines is 2. The second kappa shape index (κ2) is 9.77. The first-order chi connectivity index (χ1) is 15.4. The van der Waals surface area contributed by atoms with Crippen molar-refractivity contribution in [1.29, 1.82) is 0 Å². The van der Waals surface area contributed by atoms with Gasteiger partial charge in [-0.05, 0) is 80.0 Å². The highest BCUT2D eigenvalue weighted by atomic mass is 35.5. The predicted octanol–water partition coefficient (Wildman–Crippen LogP) is 6.02. The van der Waals surface area contributed by atoms with Crippen LogP contribution in [0.2, 0.25) is 5.02 Å². The Balaban J connectivity index is 1.60. The molecule has 1 aliphatic rings. The monoisotopic (exact) mass is 488 g/mol. The third-order valence-electron chi connectivity index (χ3n) is 4.84. The maximum absolute atomic E-state index is 12.9. The summed E-state index contributed by atoms with van der Waals surface area (Å²) in [7, 11) is 0. The lowest BCUT2D eigenvalue weighted by Gasteiger charge is -2.12. The van der Waals surface area contributed by atoms with Gasteiger partial charge in [-0.1, -0.05) is 17.7 Å². The lowest BCUT2D eigenvalue weighted by molar-refractivity contribution is 0.0527. The van der Waals surface area contributed by atoms with Crippen LogP contribution < -0.4 is 20.1 Å². The van der Waals surface area contributed by atoms with Crippen LogP contribution in [-0.2, 0) is 11.2 Å². The van der Waals surface area contributed by atoms with Crippen LogP contribution in [0.1, 0.15) is 33.3 Å².